The number of primary amides is 1. The van der Waals surface area contributed by atoms with Crippen molar-refractivity contribution in [3.8, 4) is 0 Å². The van der Waals surface area contributed by atoms with Crippen LogP contribution in [-0.4, -0.2) is 41.3 Å². The number of likely N-dealkylation sites (tertiary alicyclic amines) is 1. The molecule has 148 valence electrons. The van der Waals surface area contributed by atoms with Crippen molar-refractivity contribution in [3.63, 3.8) is 0 Å². The number of benzene rings is 1. The molecule has 1 aliphatic heterocycles. The second-order valence-electron chi connectivity index (χ2n) is 7.00. The van der Waals surface area contributed by atoms with Gasteiger partial charge in [-0.1, -0.05) is 0 Å². The van der Waals surface area contributed by atoms with E-state index < -0.39 is 17.5 Å². The smallest absolute Gasteiger partial charge is 0.267 e. The Balaban J connectivity index is 1.53. The van der Waals surface area contributed by atoms with E-state index in [4.69, 9.17) is 5.73 Å². The molecule has 1 aliphatic rings. The van der Waals surface area contributed by atoms with Crippen molar-refractivity contribution >= 4 is 11.8 Å². The van der Waals surface area contributed by atoms with E-state index in [1.165, 1.54) is 24.4 Å². The average Bonchev–Trinajstić information content (AvgIpc) is 3.16. The van der Waals surface area contributed by atoms with Crippen LogP contribution < -0.4 is 11.1 Å². The summed E-state index contributed by atoms with van der Waals surface area (Å²) in [6, 6.07) is 6.15. The molecule has 3 rings (SSSR count). The molecule has 8 heteroatoms. The summed E-state index contributed by atoms with van der Waals surface area (Å²) >= 11 is 0. The number of hydrogen-bond acceptors (Lipinski definition) is 4. The van der Waals surface area contributed by atoms with Gasteiger partial charge in [-0.25, -0.2) is 8.78 Å². The fourth-order valence-electron chi connectivity index (χ4n) is 3.43. The summed E-state index contributed by atoms with van der Waals surface area (Å²) in [5.41, 5.74) is 5.91. The van der Waals surface area contributed by atoms with Gasteiger partial charge >= 0.3 is 0 Å². The summed E-state index contributed by atoms with van der Waals surface area (Å²) in [5.74, 6) is -1.60. The highest BCUT2D eigenvalue weighted by Crippen LogP contribution is 2.29. The SMILES string of the molecule is CC(c1cc(F)ccc1F)N1CCC(CNC(=O)c2ccc(C(N)=O)nc2)C1. The lowest BCUT2D eigenvalue weighted by Gasteiger charge is -2.25. The maximum Gasteiger partial charge on any atom is 0.267 e. The predicted octanol–water partition coefficient (Wildman–Crippen LogP) is 2.27. The van der Waals surface area contributed by atoms with Gasteiger partial charge in [-0.05, 0) is 56.1 Å². The monoisotopic (exact) mass is 388 g/mol. The lowest BCUT2D eigenvalue weighted by atomic mass is 10.1. The second-order valence-corrected chi connectivity index (χ2v) is 7.00. The van der Waals surface area contributed by atoms with Crippen molar-refractivity contribution in [3.05, 3.63) is 65.0 Å². The van der Waals surface area contributed by atoms with E-state index in [-0.39, 0.29) is 23.6 Å². The van der Waals surface area contributed by atoms with Crippen LogP contribution in [0.5, 0.6) is 0 Å². The molecule has 0 aliphatic carbocycles. The lowest BCUT2D eigenvalue weighted by molar-refractivity contribution is 0.0943. The quantitative estimate of drug-likeness (QED) is 0.795. The van der Waals surface area contributed by atoms with Gasteiger partial charge < -0.3 is 11.1 Å². The standard InChI is InChI=1S/C20H22F2N4O2/c1-12(16-8-15(21)3-4-17(16)22)26-7-6-13(11-26)9-25-20(28)14-2-5-18(19(23)27)24-10-14/h2-5,8,10,12-13H,6-7,9,11H2,1H3,(H2,23,27)(H,25,28). The van der Waals surface area contributed by atoms with Crippen molar-refractivity contribution in [2.24, 2.45) is 11.7 Å². The van der Waals surface area contributed by atoms with Gasteiger partial charge in [0.1, 0.15) is 17.3 Å². The molecule has 2 unspecified atom stereocenters. The Hall–Kier alpha value is -2.87. The molecule has 1 aromatic heterocycles. The molecule has 2 amide bonds. The zero-order valence-electron chi connectivity index (χ0n) is 15.5. The van der Waals surface area contributed by atoms with Crippen LogP contribution in [0, 0.1) is 17.6 Å². The van der Waals surface area contributed by atoms with Gasteiger partial charge in [0.05, 0.1) is 5.56 Å². The molecule has 28 heavy (non-hydrogen) atoms. The van der Waals surface area contributed by atoms with Crippen LogP contribution in [-0.2, 0) is 0 Å². The van der Waals surface area contributed by atoms with Gasteiger partial charge in [-0.3, -0.25) is 19.5 Å². The summed E-state index contributed by atoms with van der Waals surface area (Å²) in [4.78, 5) is 29.2. The first-order valence-electron chi connectivity index (χ1n) is 9.08. The third-order valence-corrected chi connectivity index (χ3v) is 5.10. The minimum Gasteiger partial charge on any atom is -0.364 e. The van der Waals surface area contributed by atoms with Crippen LogP contribution >= 0.6 is 0 Å². The third kappa shape index (κ3) is 4.51. The molecule has 2 aromatic rings. The molecule has 6 nitrogen and oxygen atoms in total. The first-order chi connectivity index (χ1) is 13.3. The molecule has 0 bridgehead atoms. The molecule has 0 saturated carbocycles. The van der Waals surface area contributed by atoms with Crippen LogP contribution in [0.1, 0.15) is 45.8 Å². The summed E-state index contributed by atoms with van der Waals surface area (Å²) in [5, 5.41) is 2.85. The van der Waals surface area contributed by atoms with Gasteiger partial charge in [0.25, 0.3) is 11.8 Å². The predicted molar refractivity (Wildman–Crippen MR) is 99.5 cm³/mol. The molecular formula is C20H22F2N4O2. The Labute approximate surface area is 161 Å². The highest BCUT2D eigenvalue weighted by molar-refractivity contribution is 5.95. The molecule has 3 N–H and O–H groups in total. The number of pyridine rings is 1. The Morgan fingerprint density at radius 1 is 1.32 bits per heavy atom. The number of halogens is 2. The molecule has 1 saturated heterocycles. The summed E-state index contributed by atoms with van der Waals surface area (Å²) in [6.45, 7) is 3.73. The van der Waals surface area contributed by atoms with Crippen LogP contribution in [0.4, 0.5) is 8.78 Å². The molecule has 1 fully saturated rings. The van der Waals surface area contributed by atoms with E-state index in [0.717, 1.165) is 25.1 Å². The fraction of sp³-hybridized carbons (Fsp3) is 0.350. The van der Waals surface area contributed by atoms with E-state index in [2.05, 4.69) is 15.2 Å². The minimum atomic E-state index is -0.651. The maximum absolute atomic E-state index is 14.0. The van der Waals surface area contributed by atoms with Crippen molar-refractivity contribution in [1.82, 2.24) is 15.2 Å². The highest BCUT2D eigenvalue weighted by atomic mass is 19.1. The number of hydrogen-bond donors (Lipinski definition) is 2. The Bertz CT molecular complexity index is 873. The summed E-state index contributed by atoms with van der Waals surface area (Å²) < 4.78 is 27.5. The number of amides is 2. The zero-order chi connectivity index (χ0) is 20.3. The van der Waals surface area contributed by atoms with Crippen molar-refractivity contribution < 1.29 is 18.4 Å². The third-order valence-electron chi connectivity index (χ3n) is 5.10. The normalized spacial score (nSPS) is 18.0. The number of carbonyl (C=O) groups excluding carboxylic acids is 2. The minimum absolute atomic E-state index is 0.0987. The first-order valence-corrected chi connectivity index (χ1v) is 9.08. The number of nitrogens with zero attached hydrogens (tertiary/aromatic N) is 2. The lowest BCUT2D eigenvalue weighted by Crippen LogP contribution is -2.32. The summed E-state index contributed by atoms with van der Waals surface area (Å²) in [7, 11) is 0. The largest absolute Gasteiger partial charge is 0.364 e. The van der Waals surface area contributed by atoms with Crippen LogP contribution in [0.25, 0.3) is 0 Å². The molecular weight excluding hydrogens is 366 g/mol. The highest BCUT2D eigenvalue weighted by Gasteiger charge is 2.28. The Morgan fingerprint density at radius 2 is 2.11 bits per heavy atom. The number of nitrogens with one attached hydrogen (secondary N) is 1. The van der Waals surface area contributed by atoms with Crippen LogP contribution in [0.3, 0.4) is 0 Å². The summed E-state index contributed by atoms with van der Waals surface area (Å²) in [6.07, 6.45) is 2.16. The van der Waals surface area contributed by atoms with E-state index in [1.807, 2.05) is 6.92 Å². The maximum atomic E-state index is 14.0. The van der Waals surface area contributed by atoms with Gasteiger partial charge in [0.15, 0.2) is 0 Å². The number of aromatic nitrogens is 1. The van der Waals surface area contributed by atoms with Gasteiger partial charge in [0, 0.05) is 30.9 Å². The number of nitrogens with two attached hydrogens (primary N) is 1. The molecule has 2 heterocycles. The molecule has 1 aromatic carbocycles. The number of rotatable bonds is 6. The average molecular weight is 388 g/mol. The Kier molecular flexibility index (Phi) is 5.99. The van der Waals surface area contributed by atoms with Crippen LogP contribution in [0.2, 0.25) is 0 Å². The topological polar surface area (TPSA) is 88.3 Å². The van der Waals surface area contributed by atoms with Gasteiger partial charge in [-0.2, -0.15) is 0 Å². The van der Waals surface area contributed by atoms with E-state index in [1.54, 1.807) is 0 Å². The van der Waals surface area contributed by atoms with Gasteiger partial charge in [-0.15, -0.1) is 0 Å². The first kappa shape index (κ1) is 19.9. The molecule has 0 radical (unpaired) electrons. The Morgan fingerprint density at radius 3 is 2.79 bits per heavy atom. The fourth-order valence-corrected chi connectivity index (χ4v) is 3.43. The molecule has 2 atom stereocenters. The van der Waals surface area contributed by atoms with Crippen molar-refractivity contribution in [2.75, 3.05) is 19.6 Å². The van der Waals surface area contributed by atoms with E-state index in [9.17, 15) is 18.4 Å². The second kappa shape index (κ2) is 8.43. The molecule has 0 spiro atoms. The van der Waals surface area contributed by atoms with E-state index in [0.29, 0.717) is 24.2 Å². The van der Waals surface area contributed by atoms with Gasteiger partial charge in [0.2, 0.25) is 0 Å². The van der Waals surface area contributed by atoms with E-state index >= 15 is 0 Å². The number of carbonyl (C=O) groups is 2. The van der Waals surface area contributed by atoms with Crippen molar-refractivity contribution in [1.29, 1.82) is 0 Å². The zero-order valence-corrected chi connectivity index (χ0v) is 15.5. The van der Waals surface area contributed by atoms with Crippen molar-refractivity contribution in [2.45, 2.75) is 19.4 Å². The van der Waals surface area contributed by atoms with Crippen LogP contribution in [0.15, 0.2) is 36.5 Å².